The summed E-state index contributed by atoms with van der Waals surface area (Å²) in [6, 6.07) is 13.0. The fraction of sp³-hybridized carbons (Fsp3) is 0.263. The van der Waals surface area contributed by atoms with E-state index >= 15 is 0 Å². The highest BCUT2D eigenvalue weighted by Gasteiger charge is 2.51. The van der Waals surface area contributed by atoms with E-state index in [2.05, 4.69) is 21.2 Å². The molecule has 5 heteroatoms. The Labute approximate surface area is 149 Å². The van der Waals surface area contributed by atoms with Gasteiger partial charge < -0.3 is 10.1 Å². The Bertz CT molecular complexity index is 795. The zero-order valence-electron chi connectivity index (χ0n) is 13.6. The second kappa shape index (κ2) is 6.40. The zero-order chi connectivity index (χ0) is 17.3. The molecule has 1 saturated carbocycles. The fourth-order valence-corrected chi connectivity index (χ4v) is 3.10. The third-order valence-electron chi connectivity index (χ3n) is 4.48. The topological polar surface area (TPSA) is 55.4 Å². The first-order chi connectivity index (χ1) is 11.5. The van der Waals surface area contributed by atoms with Crippen molar-refractivity contribution in [2.45, 2.75) is 25.2 Å². The van der Waals surface area contributed by atoms with Crippen molar-refractivity contribution < 1.29 is 14.3 Å². The van der Waals surface area contributed by atoms with Crippen LogP contribution in [0.1, 0.15) is 34.3 Å². The van der Waals surface area contributed by atoms with Gasteiger partial charge in [-0.1, -0.05) is 28.1 Å². The van der Waals surface area contributed by atoms with Crippen LogP contribution in [0.2, 0.25) is 0 Å². The number of hydrogen-bond donors (Lipinski definition) is 1. The first kappa shape index (κ1) is 16.7. The number of hydrogen-bond acceptors (Lipinski definition) is 3. The van der Waals surface area contributed by atoms with Gasteiger partial charge in [0.2, 0.25) is 5.91 Å². The van der Waals surface area contributed by atoms with Crippen molar-refractivity contribution in [2.75, 3.05) is 12.4 Å². The minimum absolute atomic E-state index is 0.00117. The van der Waals surface area contributed by atoms with Crippen molar-refractivity contribution in [1.29, 1.82) is 0 Å². The third kappa shape index (κ3) is 3.08. The van der Waals surface area contributed by atoms with Crippen LogP contribution in [0.15, 0.2) is 46.9 Å². The number of methoxy groups -OCH3 is 1. The zero-order valence-corrected chi connectivity index (χ0v) is 15.1. The molecule has 4 nitrogen and oxygen atoms in total. The lowest BCUT2D eigenvalue weighted by molar-refractivity contribution is -0.118. The van der Waals surface area contributed by atoms with E-state index in [0.717, 1.165) is 34.1 Å². The quantitative estimate of drug-likeness (QED) is 0.799. The lowest BCUT2D eigenvalue weighted by atomic mass is 9.94. The summed E-state index contributed by atoms with van der Waals surface area (Å²) in [5.41, 5.74) is 2.62. The van der Waals surface area contributed by atoms with E-state index in [-0.39, 0.29) is 11.9 Å². The Balaban J connectivity index is 1.80. The number of carbonyl (C=O) groups excluding carboxylic acids is 2. The van der Waals surface area contributed by atoms with Crippen LogP contribution in [0.25, 0.3) is 0 Å². The molecule has 3 rings (SSSR count). The van der Waals surface area contributed by atoms with Gasteiger partial charge in [-0.05, 0) is 61.2 Å². The number of esters is 1. The highest BCUT2D eigenvalue weighted by molar-refractivity contribution is 9.10. The predicted molar refractivity (Wildman–Crippen MR) is 96.2 cm³/mol. The van der Waals surface area contributed by atoms with E-state index < -0.39 is 5.41 Å². The summed E-state index contributed by atoms with van der Waals surface area (Å²) in [6.45, 7) is 1.86. The largest absolute Gasteiger partial charge is 0.465 e. The van der Waals surface area contributed by atoms with Gasteiger partial charge in [0.15, 0.2) is 0 Å². The Morgan fingerprint density at radius 3 is 2.33 bits per heavy atom. The Hall–Kier alpha value is -2.14. The average Bonchev–Trinajstić information content (AvgIpc) is 3.38. The standard InChI is InChI=1S/C19H18BrNO3/c1-12-11-13(17(22)24-2)3-8-16(12)21-18(23)19(9-10-19)14-4-6-15(20)7-5-14/h3-8,11H,9-10H2,1-2H3,(H,21,23). The summed E-state index contributed by atoms with van der Waals surface area (Å²) in [5, 5.41) is 3.01. The van der Waals surface area contributed by atoms with Crippen LogP contribution in [0, 0.1) is 6.92 Å². The SMILES string of the molecule is COC(=O)c1ccc(NC(=O)C2(c3ccc(Br)cc3)CC2)c(C)c1. The summed E-state index contributed by atoms with van der Waals surface area (Å²) in [5.74, 6) is -0.386. The second-order valence-electron chi connectivity index (χ2n) is 6.06. The van der Waals surface area contributed by atoms with Crippen molar-refractivity contribution in [3.8, 4) is 0 Å². The molecule has 2 aromatic rings. The Kier molecular flexibility index (Phi) is 4.45. The normalized spacial score (nSPS) is 14.8. The third-order valence-corrected chi connectivity index (χ3v) is 5.01. The number of ether oxygens (including phenoxy) is 1. The summed E-state index contributed by atoms with van der Waals surface area (Å²) >= 11 is 3.42. The summed E-state index contributed by atoms with van der Waals surface area (Å²) < 4.78 is 5.71. The number of anilines is 1. The van der Waals surface area contributed by atoms with Crippen molar-refractivity contribution in [3.05, 3.63) is 63.6 Å². The monoisotopic (exact) mass is 387 g/mol. The molecule has 0 saturated heterocycles. The number of halogens is 1. The molecule has 2 aromatic carbocycles. The van der Waals surface area contributed by atoms with E-state index in [0.29, 0.717) is 5.56 Å². The van der Waals surface area contributed by atoms with Crippen molar-refractivity contribution in [1.82, 2.24) is 0 Å². The molecule has 0 unspecified atom stereocenters. The van der Waals surface area contributed by atoms with Crippen molar-refractivity contribution in [3.63, 3.8) is 0 Å². The van der Waals surface area contributed by atoms with Crippen LogP contribution in [0.3, 0.4) is 0 Å². The predicted octanol–water partition coefficient (Wildman–Crippen LogP) is 4.21. The molecule has 1 amide bonds. The molecule has 1 N–H and O–H groups in total. The summed E-state index contributed by atoms with van der Waals surface area (Å²) in [7, 11) is 1.35. The smallest absolute Gasteiger partial charge is 0.337 e. The van der Waals surface area contributed by atoms with Crippen molar-refractivity contribution >= 4 is 33.5 Å². The van der Waals surface area contributed by atoms with E-state index in [1.54, 1.807) is 18.2 Å². The lowest BCUT2D eigenvalue weighted by Crippen LogP contribution is -2.28. The summed E-state index contributed by atoms with van der Waals surface area (Å²) in [6.07, 6.45) is 1.69. The van der Waals surface area contributed by atoms with Crippen LogP contribution in [-0.4, -0.2) is 19.0 Å². The summed E-state index contributed by atoms with van der Waals surface area (Å²) in [4.78, 5) is 24.4. The van der Waals surface area contributed by atoms with E-state index in [1.165, 1.54) is 7.11 Å². The van der Waals surface area contributed by atoms with Crippen LogP contribution >= 0.6 is 15.9 Å². The maximum Gasteiger partial charge on any atom is 0.337 e. The van der Waals surface area contributed by atoms with Gasteiger partial charge in [0.1, 0.15) is 0 Å². The molecule has 1 fully saturated rings. The highest BCUT2D eigenvalue weighted by atomic mass is 79.9. The maximum absolute atomic E-state index is 12.8. The molecule has 24 heavy (non-hydrogen) atoms. The molecule has 0 spiro atoms. The van der Waals surface area contributed by atoms with E-state index in [9.17, 15) is 9.59 Å². The average molecular weight is 388 g/mol. The van der Waals surface area contributed by atoms with Crippen LogP contribution in [0.4, 0.5) is 5.69 Å². The fourth-order valence-electron chi connectivity index (χ4n) is 2.83. The number of benzene rings is 2. The molecule has 0 heterocycles. The molecule has 0 atom stereocenters. The molecule has 0 radical (unpaired) electrons. The van der Waals surface area contributed by atoms with E-state index in [4.69, 9.17) is 4.74 Å². The van der Waals surface area contributed by atoms with Crippen LogP contribution in [0.5, 0.6) is 0 Å². The minimum Gasteiger partial charge on any atom is -0.465 e. The molecule has 1 aliphatic rings. The molecule has 0 bridgehead atoms. The highest BCUT2D eigenvalue weighted by Crippen LogP contribution is 2.49. The number of rotatable bonds is 4. The minimum atomic E-state index is -0.436. The van der Waals surface area contributed by atoms with Gasteiger partial charge in [-0.15, -0.1) is 0 Å². The number of aryl methyl sites for hydroxylation is 1. The first-order valence-electron chi connectivity index (χ1n) is 7.73. The van der Waals surface area contributed by atoms with Crippen LogP contribution in [-0.2, 0) is 14.9 Å². The van der Waals surface area contributed by atoms with Gasteiger partial charge in [0.25, 0.3) is 0 Å². The van der Waals surface area contributed by atoms with Gasteiger partial charge in [-0.25, -0.2) is 4.79 Å². The molecule has 0 aromatic heterocycles. The van der Waals surface area contributed by atoms with Gasteiger partial charge in [-0.2, -0.15) is 0 Å². The van der Waals surface area contributed by atoms with Gasteiger partial charge in [0.05, 0.1) is 18.1 Å². The lowest BCUT2D eigenvalue weighted by Gasteiger charge is -2.17. The Morgan fingerprint density at radius 1 is 1.12 bits per heavy atom. The van der Waals surface area contributed by atoms with E-state index in [1.807, 2.05) is 31.2 Å². The number of amides is 1. The van der Waals surface area contributed by atoms with Gasteiger partial charge >= 0.3 is 5.97 Å². The van der Waals surface area contributed by atoms with Crippen molar-refractivity contribution in [2.24, 2.45) is 0 Å². The molecule has 124 valence electrons. The van der Waals surface area contributed by atoms with Gasteiger partial charge in [0, 0.05) is 10.2 Å². The molecule has 0 aliphatic heterocycles. The Morgan fingerprint density at radius 2 is 1.79 bits per heavy atom. The molecule has 1 aliphatic carbocycles. The van der Waals surface area contributed by atoms with Crippen LogP contribution < -0.4 is 5.32 Å². The first-order valence-corrected chi connectivity index (χ1v) is 8.52. The molecular formula is C19H18BrNO3. The van der Waals surface area contributed by atoms with Gasteiger partial charge in [-0.3, -0.25) is 4.79 Å². The number of carbonyl (C=O) groups is 2. The maximum atomic E-state index is 12.8. The molecular weight excluding hydrogens is 370 g/mol. The second-order valence-corrected chi connectivity index (χ2v) is 6.98. The number of nitrogens with one attached hydrogen (secondary N) is 1.